The van der Waals surface area contributed by atoms with E-state index in [0.29, 0.717) is 32.2 Å². The van der Waals surface area contributed by atoms with Gasteiger partial charge in [-0.2, -0.15) is 0 Å². The largest absolute Gasteiger partial charge is 0.481 e. The molecule has 3 rings (SSSR count). The first-order valence-corrected chi connectivity index (χ1v) is 13.8. The number of carbonyl (C=O) groups excluding carboxylic acids is 3. The fraction of sp³-hybridized carbons (Fsp3) is 0.312. The van der Waals surface area contributed by atoms with Gasteiger partial charge in [-0.3, -0.25) is 19.2 Å². The lowest BCUT2D eigenvalue weighted by atomic mass is 9.99. The van der Waals surface area contributed by atoms with Gasteiger partial charge in [-0.05, 0) is 66.5 Å². The highest BCUT2D eigenvalue weighted by atomic mass is 16.4. The molecule has 9 heteroatoms. The number of unbranched alkanes of at least 4 members (excludes halogenated alkanes) is 1. The summed E-state index contributed by atoms with van der Waals surface area (Å²) in [6, 6.07) is 24.6. The summed E-state index contributed by atoms with van der Waals surface area (Å²) in [4.78, 5) is 48.2. The Kier molecular flexibility index (Phi) is 12.1. The first-order valence-electron chi connectivity index (χ1n) is 13.8. The summed E-state index contributed by atoms with van der Waals surface area (Å²) in [5.74, 6) is -2.82. The predicted octanol–water partition coefficient (Wildman–Crippen LogP) is 3.40. The van der Waals surface area contributed by atoms with Gasteiger partial charge in [0.05, 0.1) is 0 Å². The van der Waals surface area contributed by atoms with Crippen LogP contribution in [0, 0.1) is 0 Å². The molecule has 0 aliphatic rings. The topological polar surface area (TPSA) is 165 Å². The maximum atomic E-state index is 12.9. The second-order valence-electron chi connectivity index (χ2n) is 9.94. The average molecular weight is 559 g/mol. The normalized spacial score (nSPS) is 12.2. The second-order valence-corrected chi connectivity index (χ2v) is 9.94. The molecule has 7 N–H and O–H groups in total. The number of nitrogens with one attached hydrogen (secondary N) is 2. The Morgan fingerprint density at radius 2 is 1.24 bits per heavy atom. The summed E-state index contributed by atoms with van der Waals surface area (Å²) in [7, 11) is 0. The summed E-state index contributed by atoms with van der Waals surface area (Å²) >= 11 is 0. The number of carbonyl (C=O) groups is 4. The molecule has 0 spiro atoms. The maximum absolute atomic E-state index is 12.9. The van der Waals surface area contributed by atoms with Gasteiger partial charge in [0, 0.05) is 12.8 Å². The monoisotopic (exact) mass is 558 g/mol. The van der Waals surface area contributed by atoms with Gasteiger partial charge in [0.15, 0.2) is 0 Å². The molecule has 41 heavy (non-hydrogen) atoms. The molecule has 2 atom stereocenters. The predicted molar refractivity (Wildman–Crippen MR) is 158 cm³/mol. The molecule has 0 heterocycles. The molecule has 0 saturated carbocycles. The smallest absolute Gasteiger partial charge is 0.303 e. The van der Waals surface area contributed by atoms with E-state index in [2.05, 4.69) is 47.0 Å². The van der Waals surface area contributed by atoms with Gasteiger partial charge in [-0.25, -0.2) is 0 Å². The number of nitrogens with two attached hydrogens (primary N) is 2. The molecule has 0 bridgehead atoms. The number of aryl methyl sites for hydroxylation is 1. The van der Waals surface area contributed by atoms with Crippen LogP contribution in [-0.4, -0.2) is 47.4 Å². The number of aliphatic carboxylic acids is 1. The molecule has 0 radical (unpaired) electrons. The van der Waals surface area contributed by atoms with E-state index in [1.54, 1.807) is 0 Å². The molecule has 0 aromatic heterocycles. The Morgan fingerprint density at radius 3 is 1.78 bits per heavy atom. The number of carboxylic acids is 1. The molecule has 2 unspecified atom stereocenters. The van der Waals surface area contributed by atoms with Crippen molar-refractivity contribution in [3.8, 4) is 22.3 Å². The van der Waals surface area contributed by atoms with E-state index in [-0.39, 0.29) is 25.2 Å². The Labute approximate surface area is 240 Å². The molecular formula is C32H38N4O5. The quantitative estimate of drug-likeness (QED) is 0.169. The zero-order valence-electron chi connectivity index (χ0n) is 23.1. The van der Waals surface area contributed by atoms with Gasteiger partial charge in [0.25, 0.3) is 0 Å². The zero-order valence-corrected chi connectivity index (χ0v) is 23.1. The maximum Gasteiger partial charge on any atom is 0.303 e. The van der Waals surface area contributed by atoms with E-state index < -0.39 is 29.9 Å². The minimum Gasteiger partial charge on any atom is -0.481 e. The van der Waals surface area contributed by atoms with Crippen LogP contribution < -0.4 is 22.1 Å². The second kappa shape index (κ2) is 15.9. The molecule has 0 fully saturated rings. The minimum atomic E-state index is -1.14. The third-order valence-electron chi connectivity index (χ3n) is 6.83. The number of amides is 3. The third-order valence-corrected chi connectivity index (χ3v) is 6.83. The fourth-order valence-electron chi connectivity index (χ4n) is 4.46. The lowest BCUT2D eigenvalue weighted by Crippen LogP contribution is -2.53. The summed E-state index contributed by atoms with van der Waals surface area (Å²) in [6.45, 7) is 0.442. The van der Waals surface area contributed by atoms with Crippen LogP contribution in [0.5, 0.6) is 0 Å². The van der Waals surface area contributed by atoms with Crippen LogP contribution in [0.4, 0.5) is 0 Å². The number of hydrogen-bond donors (Lipinski definition) is 5. The minimum absolute atomic E-state index is 0.132. The highest BCUT2D eigenvalue weighted by Gasteiger charge is 2.25. The van der Waals surface area contributed by atoms with Crippen molar-refractivity contribution in [1.29, 1.82) is 0 Å². The molecule has 0 aliphatic heterocycles. The van der Waals surface area contributed by atoms with Crippen molar-refractivity contribution < 1.29 is 24.3 Å². The van der Waals surface area contributed by atoms with Crippen molar-refractivity contribution in [1.82, 2.24) is 10.6 Å². The van der Waals surface area contributed by atoms with Gasteiger partial charge in [0.1, 0.15) is 12.1 Å². The van der Waals surface area contributed by atoms with E-state index in [0.717, 1.165) is 27.8 Å². The number of primary amides is 1. The number of benzene rings is 3. The molecular weight excluding hydrogens is 520 g/mol. The van der Waals surface area contributed by atoms with Crippen molar-refractivity contribution in [3.63, 3.8) is 0 Å². The van der Waals surface area contributed by atoms with E-state index in [1.807, 2.05) is 42.5 Å². The summed E-state index contributed by atoms with van der Waals surface area (Å²) < 4.78 is 0. The molecule has 3 amide bonds. The molecule has 0 aliphatic carbocycles. The Balaban J connectivity index is 1.56. The lowest BCUT2D eigenvalue weighted by Gasteiger charge is -2.22. The van der Waals surface area contributed by atoms with Gasteiger partial charge >= 0.3 is 5.97 Å². The Morgan fingerprint density at radius 1 is 0.683 bits per heavy atom. The Hall–Kier alpha value is -4.50. The fourth-order valence-corrected chi connectivity index (χ4v) is 4.46. The van der Waals surface area contributed by atoms with Crippen LogP contribution in [0.25, 0.3) is 22.3 Å². The van der Waals surface area contributed by atoms with Crippen molar-refractivity contribution in [3.05, 3.63) is 84.4 Å². The van der Waals surface area contributed by atoms with Gasteiger partial charge in [-0.15, -0.1) is 0 Å². The summed E-state index contributed by atoms with van der Waals surface area (Å²) in [5, 5.41) is 14.1. The van der Waals surface area contributed by atoms with Crippen LogP contribution >= 0.6 is 0 Å². The standard InChI is InChI=1S/C32H38N4O5/c33-21-5-4-8-28(32(41)36-27(31(34)40)18-20-30(38)39)35-29(37)19-11-22-9-12-24(13-10-22)26-16-14-25(15-17-26)23-6-2-1-3-7-23/h1-3,6-7,9-10,12-17,27-28H,4-5,8,11,18-21,33H2,(H2,34,40)(H,35,37)(H,36,41)(H,38,39). The van der Waals surface area contributed by atoms with Crippen molar-refractivity contribution in [2.24, 2.45) is 11.5 Å². The summed E-state index contributed by atoms with van der Waals surface area (Å²) in [5.41, 5.74) is 16.4. The SMILES string of the molecule is NCCCCC(NC(=O)CCc1ccc(-c2ccc(-c3ccccc3)cc2)cc1)C(=O)NC(CCC(=O)O)C(N)=O. The summed E-state index contributed by atoms with van der Waals surface area (Å²) in [6.07, 6.45) is 1.79. The molecule has 3 aromatic rings. The zero-order chi connectivity index (χ0) is 29.6. The van der Waals surface area contributed by atoms with E-state index in [1.165, 1.54) is 0 Å². The molecule has 3 aromatic carbocycles. The first kappa shape index (κ1) is 31.0. The average Bonchev–Trinajstić information content (AvgIpc) is 2.98. The van der Waals surface area contributed by atoms with Gasteiger partial charge < -0.3 is 27.2 Å². The van der Waals surface area contributed by atoms with Crippen molar-refractivity contribution >= 4 is 23.7 Å². The molecule has 216 valence electrons. The highest BCUT2D eigenvalue weighted by molar-refractivity contribution is 5.91. The highest BCUT2D eigenvalue weighted by Crippen LogP contribution is 2.25. The van der Waals surface area contributed by atoms with Crippen LogP contribution in [0.3, 0.4) is 0 Å². The molecule has 0 saturated heterocycles. The first-order chi connectivity index (χ1) is 19.8. The van der Waals surface area contributed by atoms with Gasteiger partial charge in [0.2, 0.25) is 17.7 Å². The molecule has 9 nitrogen and oxygen atoms in total. The van der Waals surface area contributed by atoms with Crippen LogP contribution in [0.1, 0.15) is 44.1 Å². The van der Waals surface area contributed by atoms with Gasteiger partial charge in [-0.1, -0.05) is 78.9 Å². The van der Waals surface area contributed by atoms with Crippen molar-refractivity contribution in [2.75, 3.05) is 6.54 Å². The van der Waals surface area contributed by atoms with Crippen molar-refractivity contribution in [2.45, 2.75) is 57.0 Å². The number of hydrogen-bond acceptors (Lipinski definition) is 5. The lowest BCUT2D eigenvalue weighted by molar-refractivity contribution is -0.137. The van der Waals surface area contributed by atoms with E-state index in [4.69, 9.17) is 16.6 Å². The Bertz CT molecular complexity index is 1290. The number of carboxylic acid groups (broad SMARTS) is 1. The number of rotatable bonds is 16. The van der Waals surface area contributed by atoms with Crippen LogP contribution in [0.2, 0.25) is 0 Å². The van der Waals surface area contributed by atoms with E-state index >= 15 is 0 Å². The third kappa shape index (κ3) is 10.2. The van der Waals surface area contributed by atoms with Crippen LogP contribution in [0.15, 0.2) is 78.9 Å². The van der Waals surface area contributed by atoms with Crippen LogP contribution in [-0.2, 0) is 25.6 Å². The van der Waals surface area contributed by atoms with E-state index in [9.17, 15) is 19.2 Å².